The van der Waals surface area contributed by atoms with Crippen LogP contribution in [-0.2, 0) is 19.6 Å². The number of hydrogen-bond donors (Lipinski definition) is 5. The molecule has 1 aliphatic heterocycles. The van der Waals surface area contributed by atoms with Gasteiger partial charge in [-0.3, -0.25) is 18.9 Å². The second kappa shape index (κ2) is 5.70. The SMILES string of the molecule is C[C@@]1(n2ccc(=O)[nH]c2=O)O[C@H](CO)[C@@H](O)[C@H]1OP(=O)(O)O. The molecule has 0 amide bonds. The molecule has 1 saturated heterocycles. The van der Waals surface area contributed by atoms with Crippen LogP contribution in [0.4, 0.5) is 0 Å². The quantitative estimate of drug-likeness (QED) is 0.370. The van der Waals surface area contributed by atoms with Crippen LogP contribution in [0.15, 0.2) is 21.9 Å². The number of phosphoric acid groups is 1. The van der Waals surface area contributed by atoms with Crippen molar-refractivity contribution in [1.29, 1.82) is 0 Å². The molecule has 0 spiro atoms. The maximum atomic E-state index is 11.9. The lowest BCUT2D eigenvalue weighted by Gasteiger charge is -2.32. The molecule has 5 N–H and O–H groups in total. The minimum Gasteiger partial charge on any atom is -0.394 e. The summed E-state index contributed by atoms with van der Waals surface area (Å²) < 4.78 is 21.8. The Morgan fingerprint density at radius 1 is 1.50 bits per heavy atom. The van der Waals surface area contributed by atoms with Crippen LogP contribution in [-0.4, -0.2) is 54.5 Å². The fourth-order valence-corrected chi connectivity index (χ4v) is 2.99. The molecule has 0 bridgehead atoms. The predicted octanol–water partition coefficient (Wildman–Crippen LogP) is -2.56. The molecule has 1 aliphatic rings. The number of ether oxygens (including phenoxy) is 1. The average molecular weight is 338 g/mol. The van der Waals surface area contributed by atoms with E-state index in [1.54, 1.807) is 0 Å². The van der Waals surface area contributed by atoms with Crippen molar-refractivity contribution in [3.05, 3.63) is 33.1 Å². The van der Waals surface area contributed by atoms with E-state index in [2.05, 4.69) is 4.52 Å². The van der Waals surface area contributed by atoms with Crippen molar-refractivity contribution in [3.63, 3.8) is 0 Å². The first-order chi connectivity index (χ1) is 10.1. The van der Waals surface area contributed by atoms with Crippen LogP contribution in [0.5, 0.6) is 0 Å². The highest BCUT2D eigenvalue weighted by atomic mass is 31.2. The number of H-pyrrole nitrogens is 1. The summed E-state index contributed by atoms with van der Waals surface area (Å²) in [6, 6.07) is 0.989. The summed E-state index contributed by atoms with van der Waals surface area (Å²) >= 11 is 0. The van der Waals surface area contributed by atoms with Gasteiger partial charge >= 0.3 is 13.5 Å². The minimum atomic E-state index is -5.02. The zero-order chi connectivity index (χ0) is 16.7. The Morgan fingerprint density at radius 2 is 2.14 bits per heavy atom. The Balaban J connectivity index is 2.54. The molecule has 1 aromatic heterocycles. The average Bonchev–Trinajstić information content (AvgIpc) is 2.62. The van der Waals surface area contributed by atoms with E-state index in [9.17, 15) is 19.3 Å². The molecule has 2 heterocycles. The standard InChI is InChI=1S/C10H15N2O9P/c1-10(12-3-2-6(14)11-9(12)16)8(21-22(17,18)19)7(15)5(4-13)20-10/h2-3,5,7-8,13,15H,4H2,1H3,(H,11,14,16)(H2,17,18,19)/t5-,7-,8-,10-/m1/s1. The van der Waals surface area contributed by atoms with E-state index in [1.165, 1.54) is 6.92 Å². The van der Waals surface area contributed by atoms with Crippen molar-refractivity contribution in [1.82, 2.24) is 9.55 Å². The molecule has 1 fully saturated rings. The first-order valence-electron chi connectivity index (χ1n) is 6.11. The molecule has 0 unspecified atom stereocenters. The molecular weight excluding hydrogens is 323 g/mol. The van der Waals surface area contributed by atoms with Gasteiger partial charge in [-0.2, -0.15) is 0 Å². The van der Waals surface area contributed by atoms with Gasteiger partial charge in [-0.15, -0.1) is 0 Å². The predicted molar refractivity (Wildman–Crippen MR) is 69.9 cm³/mol. The third-order valence-corrected chi connectivity index (χ3v) is 3.84. The van der Waals surface area contributed by atoms with Crippen molar-refractivity contribution >= 4 is 7.82 Å². The van der Waals surface area contributed by atoms with Gasteiger partial charge in [0.05, 0.1) is 6.61 Å². The summed E-state index contributed by atoms with van der Waals surface area (Å²) in [6.07, 6.45) is -3.47. The first kappa shape index (κ1) is 17.0. The fraction of sp³-hybridized carbons (Fsp3) is 0.600. The summed E-state index contributed by atoms with van der Waals surface area (Å²) in [5, 5.41) is 19.2. The zero-order valence-electron chi connectivity index (χ0n) is 11.3. The van der Waals surface area contributed by atoms with Crippen molar-refractivity contribution in [2.75, 3.05) is 6.61 Å². The van der Waals surface area contributed by atoms with Gasteiger partial charge in [-0.25, -0.2) is 9.36 Å². The van der Waals surface area contributed by atoms with Gasteiger partial charge in [0.2, 0.25) is 0 Å². The molecule has 2 rings (SSSR count). The van der Waals surface area contributed by atoms with Gasteiger partial charge in [0.1, 0.15) is 18.3 Å². The summed E-state index contributed by atoms with van der Waals surface area (Å²) in [5.41, 5.74) is -3.47. The normalized spacial score (nSPS) is 32.3. The molecule has 0 radical (unpaired) electrons. The third-order valence-electron chi connectivity index (χ3n) is 3.34. The summed E-state index contributed by atoms with van der Waals surface area (Å²) in [7, 11) is -5.02. The number of phosphoric ester groups is 1. The van der Waals surface area contributed by atoms with Gasteiger partial charge in [0.25, 0.3) is 5.56 Å². The zero-order valence-corrected chi connectivity index (χ0v) is 12.2. The Morgan fingerprint density at radius 3 is 2.64 bits per heavy atom. The number of aromatic amines is 1. The minimum absolute atomic E-state index is 0.671. The van der Waals surface area contributed by atoms with Crippen LogP contribution in [0.25, 0.3) is 0 Å². The van der Waals surface area contributed by atoms with E-state index >= 15 is 0 Å². The Hall–Kier alpha value is -1.33. The van der Waals surface area contributed by atoms with Gasteiger partial charge in [0, 0.05) is 12.3 Å². The molecule has 0 aliphatic carbocycles. The summed E-state index contributed by atoms with van der Waals surface area (Å²) in [4.78, 5) is 42.9. The molecule has 22 heavy (non-hydrogen) atoms. The maximum Gasteiger partial charge on any atom is 0.470 e. The Labute approximate surface area is 123 Å². The molecular formula is C10H15N2O9P. The first-order valence-corrected chi connectivity index (χ1v) is 7.64. The number of aliphatic hydroxyl groups excluding tert-OH is 2. The largest absolute Gasteiger partial charge is 0.470 e. The topological polar surface area (TPSA) is 171 Å². The van der Waals surface area contributed by atoms with E-state index in [0.717, 1.165) is 16.8 Å². The van der Waals surface area contributed by atoms with E-state index in [1.807, 2.05) is 4.98 Å². The van der Waals surface area contributed by atoms with Crippen LogP contribution >= 0.6 is 7.82 Å². The lowest BCUT2D eigenvalue weighted by atomic mass is 10.0. The number of aliphatic hydroxyl groups is 2. The molecule has 11 nitrogen and oxygen atoms in total. The second-order valence-corrected chi connectivity index (χ2v) is 6.07. The van der Waals surface area contributed by atoms with Crippen LogP contribution in [0.1, 0.15) is 6.92 Å². The van der Waals surface area contributed by atoms with Crippen molar-refractivity contribution in [2.45, 2.75) is 31.0 Å². The molecule has 0 saturated carbocycles. The molecule has 1 aromatic rings. The Kier molecular flexibility index (Phi) is 4.42. The fourth-order valence-electron chi connectivity index (χ4n) is 2.37. The summed E-state index contributed by atoms with van der Waals surface area (Å²) in [6.45, 7) is 0.557. The lowest BCUT2D eigenvalue weighted by Crippen LogP contribution is -2.50. The summed E-state index contributed by atoms with van der Waals surface area (Å²) in [5.74, 6) is 0. The maximum absolute atomic E-state index is 11.9. The number of nitrogens with one attached hydrogen (secondary N) is 1. The van der Waals surface area contributed by atoms with Gasteiger partial charge in [-0.05, 0) is 6.92 Å². The lowest BCUT2D eigenvalue weighted by molar-refractivity contribution is -0.134. The highest BCUT2D eigenvalue weighted by Crippen LogP contribution is 2.46. The molecule has 4 atom stereocenters. The monoisotopic (exact) mass is 338 g/mol. The van der Waals surface area contributed by atoms with Gasteiger partial charge < -0.3 is 24.7 Å². The van der Waals surface area contributed by atoms with Crippen molar-refractivity contribution in [2.24, 2.45) is 0 Å². The molecule has 12 heteroatoms. The van der Waals surface area contributed by atoms with Gasteiger partial charge in [0.15, 0.2) is 5.72 Å². The smallest absolute Gasteiger partial charge is 0.394 e. The number of aromatic nitrogens is 2. The molecule has 0 aromatic carbocycles. The van der Waals surface area contributed by atoms with Crippen molar-refractivity contribution in [3.8, 4) is 0 Å². The van der Waals surface area contributed by atoms with E-state index in [-0.39, 0.29) is 0 Å². The number of nitrogens with zero attached hydrogens (tertiary/aromatic N) is 1. The van der Waals surface area contributed by atoms with E-state index < -0.39 is 49.7 Å². The highest BCUT2D eigenvalue weighted by molar-refractivity contribution is 7.46. The van der Waals surface area contributed by atoms with Gasteiger partial charge in [-0.1, -0.05) is 0 Å². The molecule has 124 valence electrons. The van der Waals surface area contributed by atoms with Crippen LogP contribution in [0, 0.1) is 0 Å². The number of rotatable bonds is 4. The number of hydrogen-bond acceptors (Lipinski definition) is 7. The van der Waals surface area contributed by atoms with Crippen LogP contribution in [0.2, 0.25) is 0 Å². The van der Waals surface area contributed by atoms with Crippen LogP contribution < -0.4 is 11.2 Å². The van der Waals surface area contributed by atoms with E-state index in [4.69, 9.17) is 19.6 Å². The Bertz CT molecular complexity index is 709. The third kappa shape index (κ3) is 3.06. The highest BCUT2D eigenvalue weighted by Gasteiger charge is 2.56. The van der Waals surface area contributed by atoms with Crippen molar-refractivity contribution < 1.29 is 33.8 Å². The van der Waals surface area contributed by atoms with E-state index in [0.29, 0.717) is 0 Å². The second-order valence-electron chi connectivity index (χ2n) is 4.88. The van der Waals surface area contributed by atoms with Crippen LogP contribution in [0.3, 0.4) is 0 Å².